The molecule has 1 aromatic carbocycles. The van der Waals surface area contributed by atoms with Gasteiger partial charge < -0.3 is 9.73 Å². The number of nitrogens with zero attached hydrogens (tertiary/aromatic N) is 2. The van der Waals surface area contributed by atoms with Gasteiger partial charge in [-0.1, -0.05) is 29.5 Å². The zero-order chi connectivity index (χ0) is 22.9. The Morgan fingerprint density at radius 3 is 2.79 bits per heavy atom. The third kappa shape index (κ3) is 4.37. The molecule has 1 aliphatic carbocycles. The van der Waals surface area contributed by atoms with Crippen molar-refractivity contribution in [3.8, 4) is 5.69 Å². The first-order valence-corrected chi connectivity index (χ1v) is 12.8. The first-order chi connectivity index (χ1) is 16.0. The number of hydrogen-bond acceptors (Lipinski definition) is 6. The normalized spacial score (nSPS) is 14.2. The fourth-order valence-electron chi connectivity index (χ4n) is 4.13. The van der Waals surface area contributed by atoms with Crippen LogP contribution in [0.1, 0.15) is 41.5 Å². The molecule has 0 fully saturated rings. The van der Waals surface area contributed by atoms with Gasteiger partial charge in [0.2, 0.25) is 5.91 Å². The van der Waals surface area contributed by atoms with Crippen molar-refractivity contribution in [3.63, 3.8) is 0 Å². The summed E-state index contributed by atoms with van der Waals surface area (Å²) in [5.41, 5.74) is 3.00. The number of aromatic nitrogens is 2. The van der Waals surface area contributed by atoms with E-state index in [1.807, 2.05) is 44.2 Å². The molecule has 0 radical (unpaired) electrons. The molecule has 5 rings (SSSR count). The lowest BCUT2D eigenvalue weighted by Crippen LogP contribution is -2.31. The van der Waals surface area contributed by atoms with Gasteiger partial charge in [-0.05, 0) is 69.4 Å². The summed E-state index contributed by atoms with van der Waals surface area (Å²) >= 11 is 2.93. The van der Waals surface area contributed by atoms with Crippen LogP contribution in [0.25, 0.3) is 15.9 Å². The average molecular weight is 480 g/mol. The molecule has 1 unspecified atom stereocenters. The van der Waals surface area contributed by atoms with E-state index < -0.39 is 5.25 Å². The molecule has 0 saturated heterocycles. The van der Waals surface area contributed by atoms with Crippen molar-refractivity contribution >= 4 is 39.2 Å². The molecule has 8 heteroatoms. The molecule has 0 spiro atoms. The topological polar surface area (TPSA) is 77.1 Å². The number of fused-ring (bicyclic) bond motifs is 3. The number of carbonyl (C=O) groups excluding carboxylic acids is 1. The molecule has 0 bridgehead atoms. The van der Waals surface area contributed by atoms with Crippen LogP contribution >= 0.6 is 23.1 Å². The van der Waals surface area contributed by atoms with E-state index in [0.29, 0.717) is 17.5 Å². The molecular weight excluding hydrogens is 454 g/mol. The largest absolute Gasteiger partial charge is 0.467 e. The molecule has 6 nitrogen and oxygen atoms in total. The van der Waals surface area contributed by atoms with Crippen molar-refractivity contribution in [3.05, 3.63) is 74.8 Å². The van der Waals surface area contributed by atoms with Crippen LogP contribution < -0.4 is 10.9 Å². The van der Waals surface area contributed by atoms with Gasteiger partial charge in [-0.25, -0.2) is 4.98 Å². The van der Waals surface area contributed by atoms with Gasteiger partial charge in [0.1, 0.15) is 10.6 Å². The second-order valence-corrected chi connectivity index (χ2v) is 10.7. The summed E-state index contributed by atoms with van der Waals surface area (Å²) in [7, 11) is 0. The van der Waals surface area contributed by atoms with Crippen molar-refractivity contribution in [2.24, 2.45) is 0 Å². The first-order valence-electron chi connectivity index (χ1n) is 11.1. The summed E-state index contributed by atoms with van der Waals surface area (Å²) in [6.45, 7) is 4.17. The van der Waals surface area contributed by atoms with Crippen LogP contribution in [-0.4, -0.2) is 20.7 Å². The molecule has 1 amide bonds. The highest BCUT2D eigenvalue weighted by atomic mass is 32.2. The summed E-state index contributed by atoms with van der Waals surface area (Å²) in [4.78, 5) is 33.5. The van der Waals surface area contributed by atoms with E-state index in [2.05, 4.69) is 5.32 Å². The Bertz CT molecular complexity index is 1350. The minimum Gasteiger partial charge on any atom is -0.467 e. The summed E-state index contributed by atoms with van der Waals surface area (Å²) in [6, 6.07) is 11.5. The highest BCUT2D eigenvalue weighted by Gasteiger charge is 2.25. The van der Waals surface area contributed by atoms with Crippen LogP contribution in [0, 0.1) is 6.92 Å². The fraction of sp³-hybridized carbons (Fsp3) is 0.320. The van der Waals surface area contributed by atoms with Crippen LogP contribution in [0.4, 0.5) is 0 Å². The van der Waals surface area contributed by atoms with Crippen molar-refractivity contribution in [2.45, 2.75) is 56.5 Å². The quantitative estimate of drug-likeness (QED) is 0.310. The maximum atomic E-state index is 13.8. The smallest absolute Gasteiger partial charge is 0.267 e. The Labute approximate surface area is 200 Å². The molecule has 170 valence electrons. The number of benzene rings is 1. The molecule has 1 atom stereocenters. The van der Waals surface area contributed by atoms with E-state index in [0.717, 1.165) is 47.2 Å². The van der Waals surface area contributed by atoms with Gasteiger partial charge in [0.15, 0.2) is 5.16 Å². The summed E-state index contributed by atoms with van der Waals surface area (Å²) in [5.74, 6) is 0.563. The number of furan rings is 1. The third-order valence-corrected chi connectivity index (χ3v) is 8.16. The number of rotatable bonds is 6. The van der Waals surface area contributed by atoms with Gasteiger partial charge in [0, 0.05) is 4.88 Å². The van der Waals surface area contributed by atoms with E-state index in [4.69, 9.17) is 9.40 Å². The maximum Gasteiger partial charge on any atom is 0.267 e. The molecule has 4 aromatic rings. The van der Waals surface area contributed by atoms with Crippen LogP contribution in [-0.2, 0) is 24.2 Å². The lowest BCUT2D eigenvalue weighted by Gasteiger charge is -2.16. The van der Waals surface area contributed by atoms with Crippen LogP contribution in [0.5, 0.6) is 0 Å². The first kappa shape index (κ1) is 22.0. The van der Waals surface area contributed by atoms with E-state index >= 15 is 0 Å². The van der Waals surface area contributed by atoms with Gasteiger partial charge in [-0.15, -0.1) is 11.3 Å². The minimum absolute atomic E-state index is 0.0473. The van der Waals surface area contributed by atoms with Crippen LogP contribution in [0.2, 0.25) is 0 Å². The predicted molar refractivity (Wildman–Crippen MR) is 132 cm³/mol. The number of amides is 1. The molecule has 0 aliphatic heterocycles. The lowest BCUT2D eigenvalue weighted by molar-refractivity contribution is -0.120. The maximum absolute atomic E-state index is 13.8. The van der Waals surface area contributed by atoms with E-state index in [1.165, 1.54) is 22.2 Å². The Morgan fingerprint density at radius 1 is 1.24 bits per heavy atom. The third-order valence-electron chi connectivity index (χ3n) is 5.92. The number of aryl methyl sites for hydroxylation is 3. The predicted octanol–water partition coefficient (Wildman–Crippen LogP) is 5.02. The highest BCUT2D eigenvalue weighted by Crippen LogP contribution is 2.35. The monoisotopic (exact) mass is 479 g/mol. The molecule has 3 aromatic heterocycles. The zero-order valence-corrected chi connectivity index (χ0v) is 20.2. The minimum atomic E-state index is -0.435. The Morgan fingerprint density at radius 2 is 2.03 bits per heavy atom. The molecule has 0 saturated carbocycles. The molecule has 33 heavy (non-hydrogen) atoms. The molecular formula is C25H25N3O3S2. The second-order valence-electron chi connectivity index (χ2n) is 8.32. The van der Waals surface area contributed by atoms with Gasteiger partial charge >= 0.3 is 0 Å². The Kier molecular flexibility index (Phi) is 6.12. The number of carbonyl (C=O) groups is 1. The van der Waals surface area contributed by atoms with Gasteiger partial charge in [0.25, 0.3) is 5.56 Å². The average Bonchev–Trinajstić information content (AvgIpc) is 3.46. The van der Waals surface area contributed by atoms with E-state index in [9.17, 15) is 9.59 Å². The van der Waals surface area contributed by atoms with Crippen molar-refractivity contribution in [1.29, 1.82) is 0 Å². The van der Waals surface area contributed by atoms with Gasteiger partial charge in [-0.3, -0.25) is 14.2 Å². The molecule has 3 heterocycles. The second kappa shape index (κ2) is 9.19. The number of nitrogens with one attached hydrogen (secondary N) is 1. The SMILES string of the molecule is Cc1ccc(-n2c(SC(C)C(=O)NCc3ccco3)nc3sc4c(c3c2=O)CCCC4)cc1. The fourth-order valence-corrected chi connectivity index (χ4v) is 6.38. The lowest BCUT2D eigenvalue weighted by atomic mass is 9.97. The molecule has 1 aliphatic rings. The Balaban J connectivity index is 1.53. The van der Waals surface area contributed by atoms with E-state index in [-0.39, 0.29) is 11.5 Å². The number of thiophene rings is 1. The van der Waals surface area contributed by atoms with E-state index in [1.54, 1.807) is 28.2 Å². The van der Waals surface area contributed by atoms with Crippen LogP contribution in [0.15, 0.2) is 57.0 Å². The van der Waals surface area contributed by atoms with Crippen molar-refractivity contribution < 1.29 is 9.21 Å². The van der Waals surface area contributed by atoms with Crippen molar-refractivity contribution in [2.75, 3.05) is 0 Å². The standard InChI is InChI=1S/C25H25N3O3S2/c1-15-9-11-17(12-10-15)28-24(30)21-19-7-3-4-8-20(19)33-23(21)27-25(28)32-16(2)22(29)26-14-18-6-5-13-31-18/h5-6,9-13,16H,3-4,7-8,14H2,1-2H3,(H,26,29). The van der Waals surface area contributed by atoms with Gasteiger partial charge in [0.05, 0.1) is 29.1 Å². The van der Waals surface area contributed by atoms with Crippen LogP contribution in [0.3, 0.4) is 0 Å². The summed E-state index contributed by atoms with van der Waals surface area (Å²) in [5, 5.41) is 3.75. The molecule has 1 N–H and O–H groups in total. The number of hydrogen-bond donors (Lipinski definition) is 1. The highest BCUT2D eigenvalue weighted by molar-refractivity contribution is 8.00. The summed E-state index contributed by atoms with van der Waals surface area (Å²) in [6.07, 6.45) is 5.78. The Hall–Kier alpha value is -2.84. The van der Waals surface area contributed by atoms with Crippen molar-refractivity contribution in [1.82, 2.24) is 14.9 Å². The number of thioether (sulfide) groups is 1. The van der Waals surface area contributed by atoms with Gasteiger partial charge in [-0.2, -0.15) is 0 Å². The zero-order valence-electron chi connectivity index (χ0n) is 18.6. The summed E-state index contributed by atoms with van der Waals surface area (Å²) < 4.78 is 6.97.